The summed E-state index contributed by atoms with van der Waals surface area (Å²) in [6.45, 7) is 9.75. The maximum Gasteiger partial charge on any atom is 0.254 e. The van der Waals surface area contributed by atoms with Gasteiger partial charge >= 0.3 is 0 Å². The van der Waals surface area contributed by atoms with Gasteiger partial charge in [0.25, 0.3) is 5.91 Å². The van der Waals surface area contributed by atoms with Gasteiger partial charge in [0.1, 0.15) is 0 Å². The number of rotatable bonds is 7. The first-order valence-corrected chi connectivity index (χ1v) is 10.3. The second-order valence-corrected chi connectivity index (χ2v) is 8.21. The van der Waals surface area contributed by atoms with Gasteiger partial charge in [-0.05, 0) is 24.1 Å². The second kappa shape index (κ2) is 11.2. The molecule has 0 unspecified atom stereocenters. The first-order chi connectivity index (χ1) is 13.4. The fourth-order valence-corrected chi connectivity index (χ4v) is 3.69. The first kappa shape index (κ1) is 24.0. The standard InChI is InChI=1S/C20H26Cl2N4O2.ClH/c1-14(2)19-12-18(28-24-19)13-23-3-4-25-5-7-26(8-6-25)20(27)15-9-16(21)11-17(22)10-15;/h9-12,14,23H,3-8,13H2,1-2H3;1H. The molecule has 1 amide bonds. The summed E-state index contributed by atoms with van der Waals surface area (Å²) in [5, 5.41) is 8.41. The largest absolute Gasteiger partial charge is 0.360 e. The molecule has 0 radical (unpaired) electrons. The minimum absolute atomic E-state index is 0. The summed E-state index contributed by atoms with van der Waals surface area (Å²) in [7, 11) is 0. The molecule has 1 N–H and O–H groups in total. The molecule has 2 heterocycles. The highest BCUT2D eigenvalue weighted by Crippen LogP contribution is 2.20. The normalized spacial score (nSPS) is 14.9. The molecule has 9 heteroatoms. The van der Waals surface area contributed by atoms with Crippen LogP contribution in [-0.4, -0.2) is 60.1 Å². The van der Waals surface area contributed by atoms with Crippen LogP contribution in [0.4, 0.5) is 0 Å². The minimum atomic E-state index is -0.0200. The number of carbonyl (C=O) groups excluding carboxylic acids is 1. The summed E-state index contributed by atoms with van der Waals surface area (Å²) in [5.74, 6) is 1.21. The summed E-state index contributed by atoms with van der Waals surface area (Å²) < 4.78 is 5.33. The van der Waals surface area contributed by atoms with E-state index in [1.54, 1.807) is 18.2 Å². The molecule has 1 aromatic heterocycles. The molecule has 160 valence electrons. The Morgan fingerprint density at radius 2 is 1.79 bits per heavy atom. The fourth-order valence-electron chi connectivity index (χ4n) is 3.17. The molecule has 0 atom stereocenters. The van der Waals surface area contributed by atoms with Crippen LogP contribution in [0.1, 0.15) is 41.6 Å². The quantitative estimate of drug-likeness (QED) is 0.630. The van der Waals surface area contributed by atoms with Gasteiger partial charge in [-0.2, -0.15) is 0 Å². The third kappa shape index (κ3) is 6.86. The summed E-state index contributed by atoms with van der Waals surface area (Å²) in [6.07, 6.45) is 0. The van der Waals surface area contributed by atoms with Gasteiger partial charge in [-0.3, -0.25) is 9.69 Å². The van der Waals surface area contributed by atoms with Crippen LogP contribution in [0.2, 0.25) is 10.0 Å². The van der Waals surface area contributed by atoms with Crippen LogP contribution in [0.5, 0.6) is 0 Å². The van der Waals surface area contributed by atoms with Gasteiger partial charge in [-0.1, -0.05) is 42.2 Å². The summed E-state index contributed by atoms with van der Waals surface area (Å²) in [4.78, 5) is 16.8. The van der Waals surface area contributed by atoms with Crippen LogP contribution < -0.4 is 5.32 Å². The zero-order valence-electron chi connectivity index (χ0n) is 16.7. The molecule has 0 bridgehead atoms. The second-order valence-electron chi connectivity index (χ2n) is 7.34. The van der Waals surface area contributed by atoms with Gasteiger partial charge < -0.3 is 14.7 Å². The summed E-state index contributed by atoms with van der Waals surface area (Å²) in [5.41, 5.74) is 1.53. The highest BCUT2D eigenvalue weighted by Gasteiger charge is 2.22. The van der Waals surface area contributed by atoms with Gasteiger partial charge in [0.05, 0.1) is 12.2 Å². The Morgan fingerprint density at radius 1 is 1.14 bits per heavy atom. The van der Waals surface area contributed by atoms with E-state index in [0.717, 1.165) is 37.6 Å². The minimum Gasteiger partial charge on any atom is -0.360 e. The molecule has 1 aliphatic heterocycles. The number of hydrogen-bond donors (Lipinski definition) is 1. The number of carbonyl (C=O) groups is 1. The van der Waals surface area contributed by atoms with E-state index in [9.17, 15) is 4.79 Å². The van der Waals surface area contributed by atoms with Gasteiger partial charge in [0.2, 0.25) is 0 Å². The molecule has 1 fully saturated rings. The lowest BCUT2D eigenvalue weighted by Crippen LogP contribution is -2.50. The zero-order chi connectivity index (χ0) is 20.1. The molecule has 2 aromatic rings. The third-order valence-electron chi connectivity index (χ3n) is 4.84. The zero-order valence-corrected chi connectivity index (χ0v) is 19.0. The molecule has 1 saturated heterocycles. The maximum absolute atomic E-state index is 12.6. The van der Waals surface area contributed by atoms with Crippen molar-refractivity contribution in [1.82, 2.24) is 20.3 Å². The van der Waals surface area contributed by atoms with Crippen molar-refractivity contribution in [3.8, 4) is 0 Å². The number of halogens is 3. The van der Waals surface area contributed by atoms with E-state index in [-0.39, 0.29) is 18.3 Å². The summed E-state index contributed by atoms with van der Waals surface area (Å²) in [6, 6.07) is 6.97. The first-order valence-electron chi connectivity index (χ1n) is 9.56. The smallest absolute Gasteiger partial charge is 0.254 e. The van der Waals surface area contributed by atoms with E-state index >= 15 is 0 Å². The van der Waals surface area contributed by atoms with Crippen molar-refractivity contribution in [2.24, 2.45) is 0 Å². The van der Waals surface area contributed by atoms with Crippen molar-refractivity contribution < 1.29 is 9.32 Å². The predicted molar refractivity (Wildman–Crippen MR) is 118 cm³/mol. The number of nitrogens with one attached hydrogen (secondary N) is 1. The van der Waals surface area contributed by atoms with Gasteiger partial charge in [0, 0.05) is 60.9 Å². The lowest BCUT2D eigenvalue weighted by atomic mass is 10.1. The maximum atomic E-state index is 12.6. The van der Waals surface area contributed by atoms with Gasteiger partial charge in [0.15, 0.2) is 5.76 Å². The highest BCUT2D eigenvalue weighted by molar-refractivity contribution is 6.35. The van der Waals surface area contributed by atoms with Crippen molar-refractivity contribution in [1.29, 1.82) is 0 Å². The van der Waals surface area contributed by atoms with Crippen molar-refractivity contribution in [2.75, 3.05) is 39.3 Å². The monoisotopic (exact) mass is 460 g/mol. The Balaban J connectivity index is 0.00000300. The molecular formula is C20H27Cl3N4O2. The van der Waals surface area contributed by atoms with Crippen LogP contribution in [0.25, 0.3) is 0 Å². The molecular weight excluding hydrogens is 435 g/mol. The Hall–Kier alpha value is -1.31. The Kier molecular flexibility index (Phi) is 9.24. The van der Waals surface area contributed by atoms with E-state index in [4.69, 9.17) is 27.7 Å². The topological polar surface area (TPSA) is 61.6 Å². The molecule has 3 rings (SSSR count). The number of amides is 1. The highest BCUT2D eigenvalue weighted by atomic mass is 35.5. The number of benzene rings is 1. The molecule has 6 nitrogen and oxygen atoms in total. The van der Waals surface area contributed by atoms with E-state index in [2.05, 4.69) is 29.2 Å². The van der Waals surface area contributed by atoms with Crippen molar-refractivity contribution >= 4 is 41.5 Å². The molecule has 0 spiro atoms. The number of piperazine rings is 1. The van der Waals surface area contributed by atoms with Crippen LogP contribution in [0.3, 0.4) is 0 Å². The predicted octanol–water partition coefficient (Wildman–Crippen LogP) is 4.07. The average molecular weight is 462 g/mol. The van der Waals surface area contributed by atoms with Gasteiger partial charge in [-0.25, -0.2) is 0 Å². The molecule has 1 aromatic carbocycles. The summed E-state index contributed by atoms with van der Waals surface area (Å²) >= 11 is 12.0. The Bertz CT molecular complexity index is 785. The molecule has 0 saturated carbocycles. The lowest BCUT2D eigenvalue weighted by molar-refractivity contribution is 0.0638. The Morgan fingerprint density at radius 3 is 2.38 bits per heavy atom. The van der Waals surface area contributed by atoms with Crippen LogP contribution >= 0.6 is 35.6 Å². The van der Waals surface area contributed by atoms with Crippen LogP contribution in [0.15, 0.2) is 28.8 Å². The SMILES string of the molecule is CC(C)c1cc(CNCCN2CCN(C(=O)c3cc(Cl)cc(Cl)c3)CC2)on1.Cl. The third-order valence-corrected chi connectivity index (χ3v) is 5.28. The number of nitrogens with zero attached hydrogens (tertiary/aromatic N) is 3. The van der Waals surface area contributed by atoms with E-state index in [0.29, 0.717) is 41.2 Å². The van der Waals surface area contributed by atoms with Gasteiger partial charge in [-0.15, -0.1) is 12.4 Å². The number of hydrogen-bond acceptors (Lipinski definition) is 5. The molecule has 29 heavy (non-hydrogen) atoms. The van der Waals surface area contributed by atoms with E-state index in [1.165, 1.54) is 0 Å². The average Bonchev–Trinajstić information content (AvgIpc) is 3.14. The van der Waals surface area contributed by atoms with E-state index < -0.39 is 0 Å². The van der Waals surface area contributed by atoms with Crippen LogP contribution in [0, 0.1) is 0 Å². The molecule has 0 aliphatic carbocycles. The lowest BCUT2D eigenvalue weighted by Gasteiger charge is -2.34. The van der Waals surface area contributed by atoms with Crippen molar-refractivity contribution in [2.45, 2.75) is 26.3 Å². The van der Waals surface area contributed by atoms with E-state index in [1.807, 2.05) is 11.0 Å². The molecule has 1 aliphatic rings. The van der Waals surface area contributed by atoms with Crippen molar-refractivity contribution in [3.63, 3.8) is 0 Å². The van der Waals surface area contributed by atoms with Crippen molar-refractivity contribution in [3.05, 3.63) is 51.3 Å². The fraction of sp³-hybridized carbons (Fsp3) is 0.500. The number of aromatic nitrogens is 1. The van der Waals surface area contributed by atoms with Crippen LogP contribution in [-0.2, 0) is 6.54 Å². The Labute approximate surface area is 187 Å².